The number of imide groups is 1. The Bertz CT molecular complexity index is 1280. The molecule has 2 aliphatic heterocycles. The second kappa shape index (κ2) is 8.74. The van der Waals surface area contributed by atoms with Crippen molar-refractivity contribution in [2.75, 3.05) is 36.0 Å². The van der Waals surface area contributed by atoms with E-state index in [0.717, 1.165) is 16.9 Å². The Kier molecular flexibility index (Phi) is 5.61. The first-order valence-corrected chi connectivity index (χ1v) is 11.3. The zero-order valence-corrected chi connectivity index (χ0v) is 19.2. The van der Waals surface area contributed by atoms with Crippen LogP contribution in [0.5, 0.6) is 0 Å². The lowest BCUT2D eigenvalue weighted by molar-refractivity contribution is -0.120. The van der Waals surface area contributed by atoms with Crippen molar-refractivity contribution in [2.45, 2.75) is 13.8 Å². The lowest BCUT2D eigenvalue weighted by Gasteiger charge is -2.37. The first-order chi connectivity index (χ1) is 16.4. The third kappa shape index (κ3) is 3.83. The molecule has 1 aromatic heterocycles. The summed E-state index contributed by atoms with van der Waals surface area (Å²) in [7, 11) is 0. The molecule has 3 aromatic rings. The van der Waals surface area contributed by atoms with Gasteiger partial charge in [0.05, 0.1) is 11.3 Å². The molecule has 34 heavy (non-hydrogen) atoms. The summed E-state index contributed by atoms with van der Waals surface area (Å²) in [5.41, 5.74) is 3.84. The van der Waals surface area contributed by atoms with Gasteiger partial charge < -0.3 is 9.80 Å². The quantitative estimate of drug-likeness (QED) is 0.557. The van der Waals surface area contributed by atoms with Gasteiger partial charge in [-0.25, -0.2) is 14.3 Å². The Hall–Kier alpha value is -4.00. The Labute approximate surface area is 197 Å². The fourth-order valence-corrected chi connectivity index (χ4v) is 4.49. The molecule has 0 bridgehead atoms. The maximum atomic E-state index is 13.7. The van der Waals surface area contributed by atoms with Gasteiger partial charge in [-0.2, -0.15) is 0 Å². The minimum absolute atomic E-state index is 0.314. The van der Waals surface area contributed by atoms with Crippen molar-refractivity contribution in [3.05, 3.63) is 95.1 Å². The number of piperazine rings is 1. The second-order valence-electron chi connectivity index (χ2n) is 8.61. The van der Waals surface area contributed by atoms with Crippen molar-refractivity contribution in [1.82, 2.24) is 9.88 Å². The van der Waals surface area contributed by atoms with Crippen LogP contribution in [0.25, 0.3) is 5.57 Å². The van der Waals surface area contributed by atoms with Gasteiger partial charge in [-0.15, -0.1) is 0 Å². The van der Waals surface area contributed by atoms with E-state index in [4.69, 9.17) is 0 Å². The van der Waals surface area contributed by atoms with Crippen LogP contribution in [0.1, 0.15) is 16.7 Å². The zero-order chi connectivity index (χ0) is 23.8. The first kappa shape index (κ1) is 21.8. The zero-order valence-electron chi connectivity index (χ0n) is 19.2. The number of pyridine rings is 1. The minimum Gasteiger partial charge on any atom is -0.363 e. The first-order valence-electron chi connectivity index (χ1n) is 11.3. The number of aromatic nitrogens is 1. The van der Waals surface area contributed by atoms with Crippen molar-refractivity contribution in [1.29, 1.82) is 0 Å². The van der Waals surface area contributed by atoms with E-state index >= 15 is 0 Å². The van der Waals surface area contributed by atoms with E-state index in [2.05, 4.69) is 9.88 Å². The highest BCUT2D eigenvalue weighted by Gasteiger charge is 2.43. The molecule has 172 valence electrons. The number of halogens is 1. The van der Waals surface area contributed by atoms with Gasteiger partial charge >= 0.3 is 0 Å². The summed E-state index contributed by atoms with van der Waals surface area (Å²) in [5.74, 6) is -0.237. The normalized spacial score (nSPS) is 16.6. The van der Waals surface area contributed by atoms with E-state index in [1.807, 2.05) is 49.1 Å². The monoisotopic (exact) mass is 456 g/mol. The number of anilines is 2. The van der Waals surface area contributed by atoms with Crippen molar-refractivity contribution in [2.24, 2.45) is 0 Å². The number of carbonyl (C=O) groups excluding carboxylic acids is 2. The van der Waals surface area contributed by atoms with Crippen LogP contribution in [0.2, 0.25) is 0 Å². The van der Waals surface area contributed by atoms with Gasteiger partial charge in [0.15, 0.2) is 0 Å². The van der Waals surface area contributed by atoms with Crippen molar-refractivity contribution >= 4 is 28.9 Å². The molecule has 1 fully saturated rings. The minimum atomic E-state index is -0.391. The van der Waals surface area contributed by atoms with Crippen molar-refractivity contribution in [3.63, 3.8) is 0 Å². The van der Waals surface area contributed by atoms with Crippen LogP contribution in [0.4, 0.5) is 15.9 Å². The topological polar surface area (TPSA) is 56.8 Å². The van der Waals surface area contributed by atoms with E-state index in [0.29, 0.717) is 48.7 Å². The average Bonchev–Trinajstić information content (AvgIpc) is 3.12. The largest absolute Gasteiger partial charge is 0.363 e. The molecule has 3 heterocycles. The van der Waals surface area contributed by atoms with Crippen LogP contribution in [-0.2, 0) is 9.59 Å². The predicted octanol–water partition coefficient (Wildman–Crippen LogP) is 3.94. The van der Waals surface area contributed by atoms with Gasteiger partial charge in [-0.1, -0.05) is 24.3 Å². The van der Waals surface area contributed by atoms with Gasteiger partial charge in [-0.3, -0.25) is 9.59 Å². The van der Waals surface area contributed by atoms with Gasteiger partial charge in [0, 0.05) is 32.4 Å². The van der Waals surface area contributed by atoms with Crippen LogP contribution < -0.4 is 9.80 Å². The summed E-state index contributed by atoms with van der Waals surface area (Å²) in [6.45, 7) is 6.41. The van der Waals surface area contributed by atoms with Crippen LogP contribution in [0.3, 0.4) is 0 Å². The third-order valence-corrected chi connectivity index (χ3v) is 6.51. The summed E-state index contributed by atoms with van der Waals surface area (Å²) in [6, 6.07) is 17.1. The molecule has 0 N–H and O–H groups in total. The summed E-state index contributed by atoms with van der Waals surface area (Å²) in [5, 5.41) is 0. The van der Waals surface area contributed by atoms with Crippen LogP contribution in [-0.4, -0.2) is 47.9 Å². The highest BCUT2D eigenvalue weighted by Crippen LogP contribution is 2.36. The number of rotatable bonds is 4. The molecule has 1 saturated heterocycles. The molecule has 5 rings (SSSR count). The maximum Gasteiger partial charge on any atom is 0.282 e. The SMILES string of the molecule is Cc1ccc(N2C(=O)C(c3ccc(F)cc3)=C(N3CCN(c4ccccn4)CC3)C2=O)cc1C. The summed E-state index contributed by atoms with van der Waals surface area (Å²) in [6.07, 6.45) is 1.76. The van der Waals surface area contributed by atoms with Gasteiger partial charge in [0.1, 0.15) is 17.3 Å². The van der Waals surface area contributed by atoms with Crippen LogP contribution >= 0.6 is 0 Å². The van der Waals surface area contributed by atoms with Crippen molar-refractivity contribution < 1.29 is 14.0 Å². The van der Waals surface area contributed by atoms with Gasteiger partial charge in [0.2, 0.25) is 0 Å². The molecule has 7 heteroatoms. The van der Waals surface area contributed by atoms with Crippen LogP contribution in [0.15, 0.2) is 72.6 Å². The number of nitrogens with zero attached hydrogens (tertiary/aromatic N) is 4. The highest BCUT2D eigenvalue weighted by atomic mass is 19.1. The number of hydrogen-bond acceptors (Lipinski definition) is 5. The Morgan fingerprint density at radius 1 is 0.794 bits per heavy atom. The predicted molar refractivity (Wildman–Crippen MR) is 130 cm³/mol. The molecular formula is C27H25FN4O2. The second-order valence-corrected chi connectivity index (χ2v) is 8.61. The highest BCUT2D eigenvalue weighted by molar-refractivity contribution is 6.45. The molecule has 6 nitrogen and oxygen atoms in total. The third-order valence-electron chi connectivity index (χ3n) is 6.51. The number of amides is 2. The summed E-state index contributed by atoms with van der Waals surface area (Å²) >= 11 is 0. The van der Waals surface area contributed by atoms with E-state index in [1.165, 1.54) is 17.0 Å². The number of carbonyl (C=O) groups is 2. The smallest absolute Gasteiger partial charge is 0.282 e. The number of aryl methyl sites for hydroxylation is 2. The maximum absolute atomic E-state index is 13.7. The fourth-order valence-electron chi connectivity index (χ4n) is 4.49. The molecular weight excluding hydrogens is 431 g/mol. The molecule has 2 aromatic carbocycles. The summed E-state index contributed by atoms with van der Waals surface area (Å²) < 4.78 is 13.6. The Morgan fingerprint density at radius 3 is 2.15 bits per heavy atom. The van der Waals surface area contributed by atoms with Gasteiger partial charge in [0.25, 0.3) is 11.8 Å². The summed E-state index contributed by atoms with van der Waals surface area (Å²) in [4.78, 5) is 37.2. The molecule has 0 spiro atoms. The average molecular weight is 457 g/mol. The van der Waals surface area contributed by atoms with Crippen molar-refractivity contribution in [3.8, 4) is 0 Å². The molecule has 2 aliphatic rings. The molecule has 0 unspecified atom stereocenters. The van der Waals surface area contributed by atoms with E-state index in [9.17, 15) is 14.0 Å². The molecule has 0 aliphatic carbocycles. The Morgan fingerprint density at radius 2 is 1.50 bits per heavy atom. The number of hydrogen-bond donors (Lipinski definition) is 0. The van der Waals surface area contributed by atoms with Crippen LogP contribution in [0, 0.1) is 19.7 Å². The molecule has 0 atom stereocenters. The Balaban J connectivity index is 1.51. The van der Waals surface area contributed by atoms with E-state index in [1.54, 1.807) is 24.4 Å². The number of benzene rings is 2. The lowest BCUT2D eigenvalue weighted by Crippen LogP contribution is -2.48. The van der Waals surface area contributed by atoms with E-state index in [-0.39, 0.29) is 11.8 Å². The molecule has 2 amide bonds. The van der Waals surface area contributed by atoms with E-state index < -0.39 is 5.82 Å². The standard InChI is InChI=1S/C27H25FN4O2/c1-18-6-11-22(17-19(18)2)32-26(33)24(20-7-9-21(28)10-8-20)25(27(32)34)31-15-13-30(14-16-31)23-5-3-4-12-29-23/h3-12,17H,13-16H2,1-2H3. The fraction of sp³-hybridized carbons (Fsp3) is 0.222. The molecule has 0 saturated carbocycles. The van der Waals surface area contributed by atoms with Gasteiger partial charge in [-0.05, 0) is 66.9 Å². The lowest BCUT2D eigenvalue weighted by atomic mass is 10.0. The molecule has 0 radical (unpaired) electrons.